The van der Waals surface area contributed by atoms with E-state index in [1.54, 1.807) is 0 Å². The zero-order valence-corrected chi connectivity index (χ0v) is 13.3. The molecule has 0 radical (unpaired) electrons. The van der Waals surface area contributed by atoms with Gasteiger partial charge in [-0.25, -0.2) is 0 Å². The number of fused-ring (bicyclic) bond motifs is 1. The fraction of sp³-hybridized carbons (Fsp3) is 0.278. The third-order valence-electron chi connectivity index (χ3n) is 3.85. The van der Waals surface area contributed by atoms with Crippen LogP contribution in [0.25, 0.3) is 0 Å². The number of ketones is 1. The highest BCUT2D eigenvalue weighted by Crippen LogP contribution is 2.35. The Morgan fingerprint density at radius 2 is 2.05 bits per heavy atom. The third kappa shape index (κ3) is 3.53. The lowest BCUT2D eigenvalue weighted by Crippen LogP contribution is -2.17. The number of hydrogen-bond acceptors (Lipinski definition) is 2. The molecule has 0 aromatic heterocycles. The Kier molecular flexibility index (Phi) is 4.39. The summed E-state index contributed by atoms with van der Waals surface area (Å²) in [7, 11) is 0. The van der Waals surface area contributed by atoms with Crippen LogP contribution in [0.15, 0.2) is 53.0 Å². The molecule has 1 aliphatic rings. The van der Waals surface area contributed by atoms with Gasteiger partial charge < -0.3 is 4.74 Å². The Morgan fingerprint density at radius 3 is 2.90 bits per heavy atom. The van der Waals surface area contributed by atoms with Gasteiger partial charge in [-0.05, 0) is 41.7 Å². The van der Waals surface area contributed by atoms with Crippen molar-refractivity contribution in [1.82, 2.24) is 0 Å². The number of para-hydroxylation sites is 1. The summed E-state index contributed by atoms with van der Waals surface area (Å²) in [6.07, 6.45) is 2.01. The van der Waals surface area contributed by atoms with E-state index in [4.69, 9.17) is 4.74 Å². The molecule has 0 saturated heterocycles. The number of carbonyl (C=O) groups is 1. The van der Waals surface area contributed by atoms with Gasteiger partial charge in [0.2, 0.25) is 0 Å². The van der Waals surface area contributed by atoms with Crippen LogP contribution in [0, 0.1) is 0 Å². The quantitative estimate of drug-likeness (QED) is 0.815. The second-order valence-corrected chi connectivity index (χ2v) is 6.34. The molecule has 108 valence electrons. The molecule has 0 amide bonds. The summed E-state index contributed by atoms with van der Waals surface area (Å²) in [4.78, 5) is 12.3. The molecular weight excluding hydrogens is 328 g/mol. The Balaban J connectivity index is 1.68. The predicted octanol–water partition coefficient (Wildman–Crippen LogP) is 4.52. The SMILES string of the molecule is O=C(Cc1cccc(Br)c1)CC1CCOc2ccccc21. The molecule has 2 aromatic rings. The van der Waals surface area contributed by atoms with Crippen LogP contribution in [0.4, 0.5) is 0 Å². The van der Waals surface area contributed by atoms with E-state index in [2.05, 4.69) is 22.0 Å². The van der Waals surface area contributed by atoms with Gasteiger partial charge in [-0.1, -0.05) is 46.3 Å². The molecule has 1 heterocycles. The third-order valence-corrected chi connectivity index (χ3v) is 4.34. The number of ether oxygens (including phenoxy) is 1. The summed E-state index contributed by atoms with van der Waals surface area (Å²) >= 11 is 3.44. The first kappa shape index (κ1) is 14.3. The molecular formula is C18H17BrO2. The van der Waals surface area contributed by atoms with Crippen LogP contribution in [0.2, 0.25) is 0 Å². The standard InChI is InChI=1S/C18H17BrO2/c19-15-5-3-4-13(10-15)11-16(20)12-14-8-9-21-18-7-2-1-6-17(14)18/h1-7,10,14H,8-9,11-12H2. The molecule has 1 aliphatic heterocycles. The molecule has 0 saturated carbocycles. The van der Waals surface area contributed by atoms with Crippen LogP contribution in [0.1, 0.15) is 29.9 Å². The highest BCUT2D eigenvalue weighted by Gasteiger charge is 2.23. The minimum Gasteiger partial charge on any atom is -0.493 e. The summed E-state index contributed by atoms with van der Waals surface area (Å²) in [6.45, 7) is 0.700. The van der Waals surface area contributed by atoms with E-state index in [0.29, 0.717) is 19.4 Å². The van der Waals surface area contributed by atoms with Crippen molar-refractivity contribution in [3.63, 3.8) is 0 Å². The van der Waals surface area contributed by atoms with Crippen molar-refractivity contribution >= 4 is 21.7 Å². The Labute approximate surface area is 133 Å². The fourth-order valence-corrected chi connectivity index (χ4v) is 3.30. The van der Waals surface area contributed by atoms with Gasteiger partial charge >= 0.3 is 0 Å². The monoisotopic (exact) mass is 344 g/mol. The highest BCUT2D eigenvalue weighted by molar-refractivity contribution is 9.10. The predicted molar refractivity (Wildman–Crippen MR) is 86.8 cm³/mol. The van der Waals surface area contributed by atoms with Crippen molar-refractivity contribution in [2.75, 3.05) is 6.61 Å². The first-order chi connectivity index (χ1) is 10.2. The zero-order chi connectivity index (χ0) is 14.7. The molecule has 0 fully saturated rings. The molecule has 0 aliphatic carbocycles. The number of benzene rings is 2. The van der Waals surface area contributed by atoms with Crippen LogP contribution >= 0.6 is 15.9 Å². The lowest BCUT2D eigenvalue weighted by atomic mass is 9.87. The van der Waals surface area contributed by atoms with Gasteiger partial charge in [-0.2, -0.15) is 0 Å². The molecule has 1 atom stereocenters. The van der Waals surface area contributed by atoms with Crippen molar-refractivity contribution in [3.8, 4) is 5.75 Å². The van der Waals surface area contributed by atoms with Gasteiger partial charge in [0.1, 0.15) is 11.5 Å². The summed E-state index contributed by atoms with van der Waals surface area (Å²) in [6, 6.07) is 16.0. The summed E-state index contributed by atoms with van der Waals surface area (Å²) in [5, 5.41) is 0. The molecule has 1 unspecified atom stereocenters. The van der Waals surface area contributed by atoms with Gasteiger partial charge in [0.15, 0.2) is 0 Å². The van der Waals surface area contributed by atoms with Crippen molar-refractivity contribution < 1.29 is 9.53 Å². The minimum atomic E-state index is 0.287. The molecule has 3 heteroatoms. The largest absolute Gasteiger partial charge is 0.493 e. The molecule has 21 heavy (non-hydrogen) atoms. The van der Waals surface area contributed by atoms with E-state index < -0.39 is 0 Å². The normalized spacial score (nSPS) is 16.9. The van der Waals surface area contributed by atoms with Gasteiger partial charge in [0.05, 0.1) is 6.61 Å². The summed E-state index contributed by atoms with van der Waals surface area (Å²) < 4.78 is 6.67. The number of Topliss-reactive ketones (excluding diaryl/α,β-unsaturated/α-hetero) is 1. The van der Waals surface area contributed by atoms with E-state index >= 15 is 0 Å². The molecule has 2 aromatic carbocycles. The van der Waals surface area contributed by atoms with E-state index in [1.165, 1.54) is 5.56 Å². The van der Waals surface area contributed by atoms with Gasteiger partial charge in [0, 0.05) is 17.3 Å². The summed E-state index contributed by atoms with van der Waals surface area (Å²) in [5.41, 5.74) is 2.24. The van der Waals surface area contributed by atoms with Gasteiger partial charge in [-0.15, -0.1) is 0 Å². The molecule has 0 spiro atoms. The van der Waals surface area contributed by atoms with Crippen LogP contribution in [-0.4, -0.2) is 12.4 Å². The topological polar surface area (TPSA) is 26.3 Å². The van der Waals surface area contributed by atoms with Gasteiger partial charge in [0.25, 0.3) is 0 Å². The van der Waals surface area contributed by atoms with Crippen LogP contribution in [0.3, 0.4) is 0 Å². The Hall–Kier alpha value is -1.61. The number of rotatable bonds is 4. The number of halogens is 1. The maximum Gasteiger partial charge on any atom is 0.137 e. The van der Waals surface area contributed by atoms with Crippen LogP contribution in [0.5, 0.6) is 5.75 Å². The smallest absolute Gasteiger partial charge is 0.137 e. The van der Waals surface area contributed by atoms with Crippen molar-refractivity contribution in [2.24, 2.45) is 0 Å². The molecule has 3 rings (SSSR count). The lowest BCUT2D eigenvalue weighted by molar-refractivity contribution is -0.118. The van der Waals surface area contributed by atoms with E-state index in [0.717, 1.165) is 22.2 Å². The second-order valence-electron chi connectivity index (χ2n) is 5.42. The molecule has 0 N–H and O–H groups in total. The first-order valence-corrected chi connectivity index (χ1v) is 7.99. The van der Waals surface area contributed by atoms with Gasteiger partial charge in [-0.3, -0.25) is 4.79 Å². The van der Waals surface area contributed by atoms with E-state index in [1.807, 2.05) is 42.5 Å². The summed E-state index contributed by atoms with van der Waals surface area (Å²) in [5.74, 6) is 1.51. The maximum absolute atomic E-state index is 12.3. The lowest BCUT2D eigenvalue weighted by Gasteiger charge is -2.25. The Bertz CT molecular complexity index is 651. The van der Waals surface area contributed by atoms with E-state index in [-0.39, 0.29) is 11.7 Å². The van der Waals surface area contributed by atoms with Crippen molar-refractivity contribution in [1.29, 1.82) is 0 Å². The Morgan fingerprint density at radius 1 is 1.19 bits per heavy atom. The van der Waals surface area contributed by atoms with Crippen LogP contribution in [-0.2, 0) is 11.2 Å². The number of hydrogen-bond donors (Lipinski definition) is 0. The second kappa shape index (κ2) is 6.44. The fourth-order valence-electron chi connectivity index (χ4n) is 2.85. The first-order valence-electron chi connectivity index (χ1n) is 7.20. The van der Waals surface area contributed by atoms with Crippen molar-refractivity contribution in [2.45, 2.75) is 25.2 Å². The zero-order valence-electron chi connectivity index (χ0n) is 11.7. The number of carbonyl (C=O) groups excluding carboxylic acids is 1. The minimum absolute atomic E-state index is 0.287. The van der Waals surface area contributed by atoms with Crippen molar-refractivity contribution in [3.05, 3.63) is 64.1 Å². The maximum atomic E-state index is 12.3. The molecule has 0 bridgehead atoms. The highest BCUT2D eigenvalue weighted by atomic mass is 79.9. The van der Waals surface area contributed by atoms with Crippen LogP contribution < -0.4 is 4.74 Å². The molecule has 2 nitrogen and oxygen atoms in total. The van der Waals surface area contributed by atoms with E-state index in [9.17, 15) is 4.79 Å². The average molecular weight is 345 g/mol. The average Bonchev–Trinajstić information content (AvgIpc) is 2.47.